The largest absolute Gasteiger partial charge is 0.505 e. The van der Waals surface area contributed by atoms with Gasteiger partial charge in [0.25, 0.3) is 0 Å². The van der Waals surface area contributed by atoms with Gasteiger partial charge in [-0.1, -0.05) is 18.2 Å². The Morgan fingerprint density at radius 1 is 1.23 bits per heavy atom. The molecule has 1 aliphatic heterocycles. The number of anilines is 1. The Morgan fingerprint density at radius 2 is 2.08 bits per heavy atom. The molecule has 0 spiro atoms. The van der Waals surface area contributed by atoms with E-state index < -0.39 is 0 Å². The number of rotatable bonds is 4. The summed E-state index contributed by atoms with van der Waals surface area (Å²) in [7, 11) is 1.93. The molecule has 2 aromatic carbocycles. The lowest BCUT2D eigenvalue weighted by atomic mass is 10.1. The molecule has 0 bridgehead atoms. The normalized spacial score (nSPS) is 13.6. The van der Waals surface area contributed by atoms with Crippen molar-refractivity contribution >= 4 is 22.7 Å². The van der Waals surface area contributed by atoms with E-state index in [4.69, 9.17) is 4.42 Å². The molecule has 1 amide bonds. The average Bonchev–Trinajstić information content (AvgIpc) is 3.22. The highest BCUT2D eigenvalue weighted by molar-refractivity contribution is 5.95. The van der Waals surface area contributed by atoms with Crippen LogP contribution in [0.15, 0.2) is 59.3 Å². The molecule has 132 valence electrons. The number of hydrogen-bond acceptors (Lipinski definition) is 6. The van der Waals surface area contributed by atoms with Crippen molar-refractivity contribution in [1.82, 2.24) is 14.8 Å². The minimum absolute atomic E-state index is 0.0681. The number of phenols is 1. The second-order valence-electron chi connectivity index (χ2n) is 6.18. The average molecular weight is 350 g/mol. The number of carbonyl (C=O) groups excluding carboxylic acids is 1. The first-order valence-electron chi connectivity index (χ1n) is 8.20. The number of amides is 1. The van der Waals surface area contributed by atoms with E-state index in [0.29, 0.717) is 34.9 Å². The van der Waals surface area contributed by atoms with Crippen molar-refractivity contribution in [1.29, 1.82) is 0 Å². The molecule has 0 fully saturated rings. The summed E-state index contributed by atoms with van der Waals surface area (Å²) in [6, 6.07) is 12.5. The maximum absolute atomic E-state index is 12.3. The molecule has 0 aliphatic carbocycles. The number of fused-ring (bicyclic) bond motifs is 1. The van der Waals surface area contributed by atoms with Gasteiger partial charge in [-0.25, -0.2) is 4.98 Å². The Morgan fingerprint density at radius 3 is 2.85 bits per heavy atom. The third-order valence-corrected chi connectivity index (χ3v) is 4.12. The number of hydrogen-bond donors (Lipinski definition) is 2. The van der Waals surface area contributed by atoms with Crippen LogP contribution in [0, 0.1) is 0 Å². The van der Waals surface area contributed by atoms with E-state index in [9.17, 15) is 9.90 Å². The van der Waals surface area contributed by atoms with E-state index >= 15 is 0 Å². The molecular weight excluding hydrogens is 332 g/mol. The molecule has 0 saturated carbocycles. The Balaban J connectivity index is 1.55. The second kappa shape index (κ2) is 6.44. The molecule has 2 heterocycles. The van der Waals surface area contributed by atoms with Crippen molar-refractivity contribution in [2.45, 2.75) is 0 Å². The Labute approximate surface area is 150 Å². The highest BCUT2D eigenvalue weighted by atomic mass is 16.3. The van der Waals surface area contributed by atoms with Gasteiger partial charge in [0.2, 0.25) is 11.8 Å². The van der Waals surface area contributed by atoms with Crippen molar-refractivity contribution < 1.29 is 14.3 Å². The summed E-state index contributed by atoms with van der Waals surface area (Å²) in [6.07, 6.45) is 3.76. The predicted octanol–water partition coefficient (Wildman–Crippen LogP) is 2.82. The van der Waals surface area contributed by atoms with Crippen molar-refractivity contribution in [2.75, 3.05) is 25.6 Å². The molecule has 26 heavy (non-hydrogen) atoms. The van der Waals surface area contributed by atoms with Crippen LogP contribution in [0.1, 0.15) is 0 Å². The number of aromatic nitrogens is 1. The number of oxazole rings is 1. The molecule has 4 rings (SSSR count). The first-order chi connectivity index (χ1) is 12.6. The highest BCUT2D eigenvalue weighted by Crippen LogP contribution is 2.36. The van der Waals surface area contributed by atoms with Gasteiger partial charge in [-0.2, -0.15) is 0 Å². The van der Waals surface area contributed by atoms with Crippen molar-refractivity contribution in [3.8, 4) is 17.2 Å². The Kier molecular flexibility index (Phi) is 3.96. The van der Waals surface area contributed by atoms with Gasteiger partial charge in [0.1, 0.15) is 5.52 Å². The molecule has 2 N–H and O–H groups in total. The van der Waals surface area contributed by atoms with Crippen LogP contribution in [-0.2, 0) is 4.79 Å². The molecule has 1 aliphatic rings. The summed E-state index contributed by atoms with van der Waals surface area (Å²) in [5.74, 6) is 0.0281. The van der Waals surface area contributed by atoms with Crippen molar-refractivity contribution in [3.05, 3.63) is 54.9 Å². The predicted molar refractivity (Wildman–Crippen MR) is 98.2 cm³/mol. The summed E-state index contributed by atoms with van der Waals surface area (Å²) >= 11 is 0. The maximum Gasteiger partial charge on any atom is 0.244 e. The topological polar surface area (TPSA) is 81.8 Å². The van der Waals surface area contributed by atoms with Gasteiger partial charge < -0.3 is 24.6 Å². The number of benzene rings is 2. The van der Waals surface area contributed by atoms with Crippen LogP contribution in [-0.4, -0.2) is 46.1 Å². The van der Waals surface area contributed by atoms with E-state index in [1.165, 1.54) is 0 Å². The molecule has 0 atom stereocenters. The van der Waals surface area contributed by atoms with Gasteiger partial charge in [-0.05, 0) is 24.3 Å². The molecule has 1 aromatic heterocycles. The summed E-state index contributed by atoms with van der Waals surface area (Å²) in [5, 5.41) is 13.3. The van der Waals surface area contributed by atoms with Gasteiger partial charge in [-0.3, -0.25) is 4.79 Å². The number of aromatic hydroxyl groups is 1. The fourth-order valence-electron chi connectivity index (χ4n) is 2.87. The van der Waals surface area contributed by atoms with Crippen molar-refractivity contribution in [2.24, 2.45) is 0 Å². The molecule has 0 unspecified atom stereocenters. The molecule has 7 nitrogen and oxygen atoms in total. The number of carbonyl (C=O) groups is 1. The highest BCUT2D eigenvalue weighted by Gasteiger charge is 2.17. The van der Waals surface area contributed by atoms with E-state index in [1.807, 2.05) is 53.5 Å². The van der Waals surface area contributed by atoms with Crippen molar-refractivity contribution in [3.63, 3.8) is 0 Å². The van der Waals surface area contributed by atoms with Gasteiger partial charge in [-0.15, -0.1) is 0 Å². The first kappa shape index (κ1) is 16.0. The SMILES string of the molecule is CN1C=CN(CC(=O)Nc2cccc(-c3nc4ccccc4o3)c2O)C1. The Hall–Kier alpha value is -3.48. The van der Waals surface area contributed by atoms with E-state index in [-0.39, 0.29) is 18.2 Å². The van der Waals surface area contributed by atoms with Crippen LogP contribution in [0.2, 0.25) is 0 Å². The quantitative estimate of drug-likeness (QED) is 0.704. The fourth-order valence-corrected chi connectivity index (χ4v) is 2.87. The zero-order valence-corrected chi connectivity index (χ0v) is 14.2. The van der Waals surface area contributed by atoms with Crippen LogP contribution in [0.25, 0.3) is 22.6 Å². The van der Waals surface area contributed by atoms with E-state index in [0.717, 1.165) is 0 Å². The van der Waals surface area contributed by atoms with Gasteiger partial charge in [0, 0.05) is 19.4 Å². The summed E-state index contributed by atoms with van der Waals surface area (Å²) in [4.78, 5) is 20.5. The number of para-hydroxylation sites is 3. The second-order valence-corrected chi connectivity index (χ2v) is 6.18. The lowest BCUT2D eigenvalue weighted by molar-refractivity contribution is -0.116. The van der Waals surface area contributed by atoms with E-state index in [2.05, 4.69) is 10.3 Å². The molecule has 0 saturated heterocycles. The third-order valence-electron chi connectivity index (χ3n) is 4.12. The third kappa shape index (κ3) is 3.06. The van der Waals surface area contributed by atoms with E-state index in [1.54, 1.807) is 18.2 Å². The lowest BCUT2D eigenvalue weighted by Gasteiger charge is -2.18. The standard InChI is InChI=1S/C19H18N4O3/c1-22-9-10-23(12-22)11-17(24)20-15-7-4-5-13(18(15)25)19-21-14-6-2-3-8-16(14)26-19/h2-10,25H,11-12H2,1H3,(H,20,24). The first-order valence-corrected chi connectivity index (χ1v) is 8.20. The molecule has 3 aromatic rings. The van der Waals surface area contributed by atoms with Crippen LogP contribution in [0.4, 0.5) is 5.69 Å². The van der Waals surface area contributed by atoms with Crippen LogP contribution < -0.4 is 5.32 Å². The van der Waals surface area contributed by atoms with Gasteiger partial charge >= 0.3 is 0 Å². The zero-order valence-electron chi connectivity index (χ0n) is 14.2. The number of nitrogens with zero attached hydrogens (tertiary/aromatic N) is 3. The minimum Gasteiger partial charge on any atom is -0.505 e. The zero-order chi connectivity index (χ0) is 18.1. The maximum atomic E-state index is 12.3. The smallest absolute Gasteiger partial charge is 0.244 e. The van der Waals surface area contributed by atoms with Gasteiger partial charge in [0.15, 0.2) is 11.3 Å². The van der Waals surface area contributed by atoms with Crippen LogP contribution in [0.5, 0.6) is 5.75 Å². The molecule has 7 heteroatoms. The van der Waals surface area contributed by atoms with Crippen LogP contribution in [0.3, 0.4) is 0 Å². The van der Waals surface area contributed by atoms with Gasteiger partial charge in [0.05, 0.1) is 24.5 Å². The Bertz CT molecular complexity index is 962. The van der Waals surface area contributed by atoms with Crippen LogP contribution >= 0.6 is 0 Å². The fraction of sp³-hybridized carbons (Fsp3) is 0.158. The summed E-state index contributed by atoms with van der Waals surface area (Å²) in [5.41, 5.74) is 2.11. The minimum atomic E-state index is -0.213. The lowest BCUT2D eigenvalue weighted by Crippen LogP contribution is -2.31. The summed E-state index contributed by atoms with van der Waals surface area (Å²) < 4.78 is 5.71. The summed E-state index contributed by atoms with van der Waals surface area (Å²) in [6.45, 7) is 0.857. The number of phenolic OH excluding ortho intramolecular Hbond substituents is 1. The monoisotopic (exact) mass is 350 g/mol. The molecular formula is C19H18N4O3. The number of nitrogens with one attached hydrogen (secondary N) is 1. The molecule has 0 radical (unpaired) electrons.